The van der Waals surface area contributed by atoms with E-state index in [2.05, 4.69) is 15.6 Å². The summed E-state index contributed by atoms with van der Waals surface area (Å²) in [6.07, 6.45) is 0. The summed E-state index contributed by atoms with van der Waals surface area (Å²) in [7, 11) is 0. The summed E-state index contributed by atoms with van der Waals surface area (Å²) < 4.78 is 0.855. The van der Waals surface area contributed by atoms with Gasteiger partial charge in [0.25, 0.3) is 11.5 Å². The van der Waals surface area contributed by atoms with E-state index < -0.39 is 23.7 Å². The third kappa shape index (κ3) is 4.43. The maximum Gasteiger partial charge on any atom is 0.329 e. The number of fused-ring (bicyclic) bond motifs is 1. The first-order valence-electron chi connectivity index (χ1n) is 10.1. The Bertz CT molecular complexity index is 1310. The van der Waals surface area contributed by atoms with E-state index >= 15 is 0 Å². The molecule has 1 aliphatic heterocycles. The molecule has 1 aromatic heterocycles. The molecule has 1 saturated heterocycles. The minimum absolute atomic E-state index is 0.0317. The van der Waals surface area contributed by atoms with Gasteiger partial charge >= 0.3 is 5.69 Å². The van der Waals surface area contributed by atoms with E-state index in [1.807, 2.05) is 0 Å². The lowest BCUT2D eigenvalue weighted by Gasteiger charge is -2.26. The summed E-state index contributed by atoms with van der Waals surface area (Å²) in [5.74, 6) is -0.911. The van der Waals surface area contributed by atoms with Crippen LogP contribution in [0.25, 0.3) is 10.9 Å². The number of aromatic nitrogens is 2. The Hall–Kier alpha value is -4.21. The molecule has 32 heavy (non-hydrogen) atoms. The van der Waals surface area contributed by atoms with Gasteiger partial charge in [-0.3, -0.25) is 23.7 Å². The van der Waals surface area contributed by atoms with Crippen LogP contribution in [0.1, 0.15) is 15.9 Å². The van der Waals surface area contributed by atoms with E-state index in [0.717, 1.165) is 10.1 Å². The molecule has 10 nitrogen and oxygen atoms in total. The van der Waals surface area contributed by atoms with E-state index in [1.54, 1.807) is 48.5 Å². The van der Waals surface area contributed by atoms with Crippen molar-refractivity contribution in [2.24, 2.45) is 0 Å². The van der Waals surface area contributed by atoms with Gasteiger partial charge in [0.1, 0.15) is 6.54 Å². The summed E-state index contributed by atoms with van der Waals surface area (Å²) in [4.78, 5) is 65.0. The summed E-state index contributed by atoms with van der Waals surface area (Å²) in [5, 5.41) is 5.67. The van der Waals surface area contributed by atoms with E-state index in [0.29, 0.717) is 29.6 Å². The molecular weight excluding hydrogens is 414 g/mol. The summed E-state index contributed by atoms with van der Waals surface area (Å²) in [5.41, 5.74) is 0.418. The molecular formula is C22H21N5O5. The Kier molecular flexibility index (Phi) is 5.84. The second kappa shape index (κ2) is 8.88. The molecule has 0 atom stereocenters. The van der Waals surface area contributed by atoms with Crippen LogP contribution in [0, 0.1) is 0 Å². The second-order valence-electron chi connectivity index (χ2n) is 7.42. The monoisotopic (exact) mass is 435 g/mol. The lowest BCUT2D eigenvalue weighted by Crippen LogP contribution is -2.49. The number of carbonyl (C=O) groups is 3. The number of carbonyl (C=O) groups excluding carboxylic acids is 3. The van der Waals surface area contributed by atoms with Crippen molar-refractivity contribution in [3.05, 3.63) is 80.5 Å². The quantitative estimate of drug-likeness (QED) is 0.501. The Morgan fingerprint density at radius 1 is 1.00 bits per heavy atom. The zero-order valence-corrected chi connectivity index (χ0v) is 17.1. The molecule has 2 aromatic carbocycles. The molecule has 0 saturated carbocycles. The number of hydrogen-bond acceptors (Lipinski definition) is 5. The molecule has 2 heterocycles. The molecule has 0 radical (unpaired) electrons. The van der Waals surface area contributed by atoms with Crippen LogP contribution < -0.4 is 21.9 Å². The molecule has 0 aliphatic carbocycles. The third-order valence-electron chi connectivity index (χ3n) is 5.21. The molecule has 3 N–H and O–H groups in total. The maximum absolute atomic E-state index is 12.5. The van der Waals surface area contributed by atoms with Crippen LogP contribution in [0.15, 0.2) is 58.1 Å². The van der Waals surface area contributed by atoms with Crippen LogP contribution in [-0.4, -0.2) is 51.8 Å². The Morgan fingerprint density at radius 2 is 1.75 bits per heavy atom. The van der Waals surface area contributed by atoms with Crippen molar-refractivity contribution in [3.8, 4) is 0 Å². The largest absolute Gasteiger partial charge is 0.353 e. The minimum atomic E-state index is -0.655. The van der Waals surface area contributed by atoms with Crippen LogP contribution >= 0.6 is 0 Å². The molecule has 3 aromatic rings. The molecule has 10 heteroatoms. The first kappa shape index (κ1) is 21.0. The van der Waals surface area contributed by atoms with Gasteiger partial charge < -0.3 is 20.5 Å². The van der Waals surface area contributed by atoms with Gasteiger partial charge in [0, 0.05) is 25.2 Å². The fraction of sp³-hybridized carbons (Fsp3) is 0.227. The fourth-order valence-corrected chi connectivity index (χ4v) is 3.50. The first-order valence-corrected chi connectivity index (χ1v) is 10.1. The third-order valence-corrected chi connectivity index (χ3v) is 5.21. The highest BCUT2D eigenvalue weighted by atomic mass is 16.2. The average Bonchev–Trinajstić information content (AvgIpc) is 2.80. The van der Waals surface area contributed by atoms with E-state index in [-0.39, 0.29) is 24.9 Å². The average molecular weight is 435 g/mol. The number of nitrogens with zero attached hydrogens (tertiary/aromatic N) is 2. The fourth-order valence-electron chi connectivity index (χ4n) is 3.50. The minimum Gasteiger partial charge on any atom is -0.353 e. The molecule has 1 aliphatic rings. The van der Waals surface area contributed by atoms with Crippen LogP contribution in [0.4, 0.5) is 0 Å². The summed E-state index contributed by atoms with van der Waals surface area (Å²) in [6, 6.07) is 13.3. The lowest BCUT2D eigenvalue weighted by molar-refractivity contribution is -0.123. The zero-order valence-electron chi connectivity index (χ0n) is 17.1. The molecule has 0 spiro atoms. The predicted octanol–water partition coefficient (Wildman–Crippen LogP) is -0.422. The van der Waals surface area contributed by atoms with Gasteiger partial charge in [-0.05, 0) is 29.8 Å². The Balaban J connectivity index is 1.38. The van der Waals surface area contributed by atoms with Crippen molar-refractivity contribution >= 4 is 28.6 Å². The number of para-hydroxylation sites is 1. The van der Waals surface area contributed by atoms with Crippen molar-refractivity contribution in [1.29, 1.82) is 0 Å². The van der Waals surface area contributed by atoms with Crippen molar-refractivity contribution in [2.45, 2.75) is 13.1 Å². The SMILES string of the molecule is O=C1CN(C(=O)c2ccc(CNC(=O)Cn3c(=O)[nH]c4ccccc4c3=O)cc2)CCN1. The van der Waals surface area contributed by atoms with E-state index in [4.69, 9.17) is 0 Å². The molecule has 164 valence electrons. The maximum atomic E-state index is 12.5. The van der Waals surface area contributed by atoms with Gasteiger partial charge in [-0.1, -0.05) is 24.3 Å². The highest BCUT2D eigenvalue weighted by molar-refractivity contribution is 5.97. The normalized spacial score (nSPS) is 13.6. The van der Waals surface area contributed by atoms with Crippen molar-refractivity contribution in [2.75, 3.05) is 19.6 Å². The van der Waals surface area contributed by atoms with Gasteiger partial charge in [0.05, 0.1) is 17.4 Å². The molecule has 4 rings (SSSR count). The van der Waals surface area contributed by atoms with Gasteiger partial charge in [-0.25, -0.2) is 4.79 Å². The smallest absolute Gasteiger partial charge is 0.329 e. The Labute approximate surface area is 181 Å². The number of nitrogens with one attached hydrogen (secondary N) is 3. The van der Waals surface area contributed by atoms with Gasteiger partial charge in [0.15, 0.2) is 0 Å². The van der Waals surface area contributed by atoms with Crippen molar-refractivity contribution in [1.82, 2.24) is 25.1 Å². The zero-order chi connectivity index (χ0) is 22.7. The number of rotatable bonds is 5. The number of H-pyrrole nitrogens is 1. The highest BCUT2D eigenvalue weighted by Gasteiger charge is 2.22. The number of amides is 3. The standard InChI is InChI=1S/C22H21N5O5/c28-18-12-26(10-9-23-18)20(30)15-7-5-14(6-8-15)11-24-19(29)13-27-21(31)16-3-1-2-4-17(16)25-22(27)32/h1-8H,9-13H2,(H,23,28)(H,24,29)(H,25,32). The molecule has 0 unspecified atom stereocenters. The van der Waals surface area contributed by atoms with Crippen molar-refractivity contribution in [3.63, 3.8) is 0 Å². The summed E-state index contributed by atoms with van der Waals surface area (Å²) >= 11 is 0. The topological polar surface area (TPSA) is 133 Å². The van der Waals surface area contributed by atoms with Crippen LogP contribution in [0.2, 0.25) is 0 Å². The molecule has 0 bridgehead atoms. The van der Waals surface area contributed by atoms with Crippen LogP contribution in [0.5, 0.6) is 0 Å². The number of piperazine rings is 1. The summed E-state index contributed by atoms with van der Waals surface area (Å²) in [6.45, 7) is 0.670. The Morgan fingerprint density at radius 3 is 2.50 bits per heavy atom. The van der Waals surface area contributed by atoms with Crippen LogP contribution in [-0.2, 0) is 22.7 Å². The molecule has 1 fully saturated rings. The van der Waals surface area contributed by atoms with Crippen molar-refractivity contribution < 1.29 is 14.4 Å². The second-order valence-corrected chi connectivity index (χ2v) is 7.42. The number of benzene rings is 2. The molecule has 3 amide bonds. The van der Waals surface area contributed by atoms with Gasteiger partial charge in [-0.15, -0.1) is 0 Å². The lowest BCUT2D eigenvalue weighted by atomic mass is 10.1. The first-order chi connectivity index (χ1) is 15.4. The van der Waals surface area contributed by atoms with E-state index in [9.17, 15) is 24.0 Å². The number of hydrogen-bond donors (Lipinski definition) is 3. The van der Waals surface area contributed by atoms with E-state index in [1.165, 1.54) is 4.90 Å². The van der Waals surface area contributed by atoms with Gasteiger partial charge in [-0.2, -0.15) is 0 Å². The highest BCUT2D eigenvalue weighted by Crippen LogP contribution is 2.09. The van der Waals surface area contributed by atoms with Crippen LogP contribution in [0.3, 0.4) is 0 Å². The van der Waals surface area contributed by atoms with Gasteiger partial charge in [0.2, 0.25) is 11.8 Å². The number of aromatic amines is 1. The predicted molar refractivity (Wildman–Crippen MR) is 116 cm³/mol.